The minimum atomic E-state index is 0.242. The predicted octanol–water partition coefficient (Wildman–Crippen LogP) is 3.09. The minimum absolute atomic E-state index is 0.242. The molecular formula is C17H28N2O2. The number of hydrogen-bond acceptors (Lipinski definition) is 4. The molecule has 0 aliphatic heterocycles. The molecule has 1 saturated carbocycles. The summed E-state index contributed by atoms with van der Waals surface area (Å²) in [5, 5.41) is 3.54. The number of aryl methyl sites for hydroxylation is 1. The lowest BCUT2D eigenvalue weighted by Gasteiger charge is -2.12. The fraction of sp³-hybridized carbons (Fsp3) is 0.706. The van der Waals surface area contributed by atoms with Gasteiger partial charge in [-0.3, -0.25) is 0 Å². The Balaban J connectivity index is 1.89. The molecule has 2 rings (SSSR count). The van der Waals surface area contributed by atoms with E-state index in [0.29, 0.717) is 13.2 Å². The van der Waals surface area contributed by atoms with Gasteiger partial charge in [-0.25, -0.2) is 4.98 Å². The fourth-order valence-electron chi connectivity index (χ4n) is 2.16. The van der Waals surface area contributed by atoms with Crippen LogP contribution < -0.4 is 10.1 Å². The Kier molecular flexibility index (Phi) is 6.46. The van der Waals surface area contributed by atoms with Crippen molar-refractivity contribution in [2.45, 2.75) is 65.1 Å². The van der Waals surface area contributed by atoms with Gasteiger partial charge in [-0.05, 0) is 44.7 Å². The summed E-state index contributed by atoms with van der Waals surface area (Å²) in [7, 11) is 0. The van der Waals surface area contributed by atoms with Crippen molar-refractivity contribution in [2.75, 3.05) is 13.2 Å². The largest absolute Gasteiger partial charge is 0.475 e. The van der Waals surface area contributed by atoms with Crippen LogP contribution in [-0.4, -0.2) is 30.3 Å². The van der Waals surface area contributed by atoms with Gasteiger partial charge in [0.05, 0.1) is 12.7 Å². The molecule has 1 aromatic rings. The van der Waals surface area contributed by atoms with Crippen LogP contribution in [0, 0.1) is 0 Å². The molecule has 118 valence electrons. The number of aromatic nitrogens is 1. The normalized spacial score (nSPS) is 14.7. The van der Waals surface area contributed by atoms with Gasteiger partial charge >= 0.3 is 0 Å². The van der Waals surface area contributed by atoms with E-state index in [1.165, 1.54) is 18.4 Å². The fourth-order valence-corrected chi connectivity index (χ4v) is 2.16. The zero-order valence-corrected chi connectivity index (χ0v) is 13.5. The first-order chi connectivity index (χ1) is 10.2. The minimum Gasteiger partial charge on any atom is -0.475 e. The Morgan fingerprint density at radius 3 is 2.76 bits per heavy atom. The van der Waals surface area contributed by atoms with Gasteiger partial charge in [0, 0.05) is 24.3 Å². The Labute approximate surface area is 128 Å². The van der Waals surface area contributed by atoms with Crippen LogP contribution in [0.1, 0.15) is 51.3 Å². The van der Waals surface area contributed by atoms with E-state index in [-0.39, 0.29) is 6.10 Å². The first kappa shape index (κ1) is 16.2. The van der Waals surface area contributed by atoms with Crippen LogP contribution in [0.25, 0.3) is 0 Å². The molecule has 4 heteroatoms. The molecule has 21 heavy (non-hydrogen) atoms. The second-order valence-corrected chi connectivity index (χ2v) is 5.98. The Bertz CT molecular complexity index is 431. The lowest BCUT2D eigenvalue weighted by Crippen LogP contribution is -2.16. The standard InChI is InChI=1S/C17H28N2O2/c1-4-5-16-10-14(12-18-15-6-7-15)11-17(19-16)21-9-8-20-13(2)3/h10-11,13,15,18H,4-9,12H2,1-3H3. The first-order valence-corrected chi connectivity index (χ1v) is 8.15. The Morgan fingerprint density at radius 1 is 1.29 bits per heavy atom. The summed E-state index contributed by atoms with van der Waals surface area (Å²) < 4.78 is 11.2. The molecule has 4 nitrogen and oxygen atoms in total. The van der Waals surface area contributed by atoms with E-state index >= 15 is 0 Å². The van der Waals surface area contributed by atoms with Gasteiger partial charge in [0.1, 0.15) is 6.61 Å². The van der Waals surface area contributed by atoms with Crippen molar-refractivity contribution in [3.63, 3.8) is 0 Å². The van der Waals surface area contributed by atoms with Crippen LogP contribution >= 0.6 is 0 Å². The van der Waals surface area contributed by atoms with Gasteiger partial charge in [0.25, 0.3) is 0 Å². The molecule has 0 aromatic carbocycles. The molecular weight excluding hydrogens is 264 g/mol. The SMILES string of the molecule is CCCc1cc(CNC2CC2)cc(OCCOC(C)C)n1. The monoisotopic (exact) mass is 292 g/mol. The Hall–Kier alpha value is -1.13. The predicted molar refractivity (Wildman–Crippen MR) is 84.7 cm³/mol. The zero-order valence-electron chi connectivity index (χ0n) is 13.5. The summed E-state index contributed by atoms with van der Waals surface area (Å²) in [5.41, 5.74) is 2.38. The first-order valence-electron chi connectivity index (χ1n) is 8.15. The molecule has 0 radical (unpaired) electrons. The number of nitrogens with zero attached hydrogens (tertiary/aromatic N) is 1. The quantitative estimate of drug-likeness (QED) is 0.673. The molecule has 1 aliphatic rings. The molecule has 1 N–H and O–H groups in total. The average molecular weight is 292 g/mol. The summed E-state index contributed by atoms with van der Waals surface area (Å²) >= 11 is 0. The molecule has 0 amide bonds. The summed E-state index contributed by atoms with van der Waals surface area (Å²) in [4.78, 5) is 4.58. The van der Waals surface area contributed by atoms with Crippen LogP contribution in [0.15, 0.2) is 12.1 Å². The third kappa shape index (κ3) is 6.44. The van der Waals surface area contributed by atoms with E-state index in [0.717, 1.165) is 37.0 Å². The maximum absolute atomic E-state index is 5.74. The van der Waals surface area contributed by atoms with Gasteiger partial charge in [0.2, 0.25) is 5.88 Å². The summed E-state index contributed by atoms with van der Waals surface area (Å²) in [6.45, 7) is 8.30. The van der Waals surface area contributed by atoms with E-state index in [4.69, 9.17) is 9.47 Å². The molecule has 1 fully saturated rings. The number of nitrogens with one attached hydrogen (secondary N) is 1. The second kappa shape index (κ2) is 8.35. The molecule has 0 atom stereocenters. The van der Waals surface area contributed by atoms with Crippen molar-refractivity contribution in [3.05, 3.63) is 23.4 Å². The van der Waals surface area contributed by atoms with Crippen LogP contribution in [0.5, 0.6) is 5.88 Å². The average Bonchev–Trinajstić information content (AvgIpc) is 3.26. The van der Waals surface area contributed by atoms with Crippen LogP contribution in [0.3, 0.4) is 0 Å². The molecule has 0 bridgehead atoms. The maximum Gasteiger partial charge on any atom is 0.213 e. The van der Waals surface area contributed by atoms with Gasteiger partial charge in [0.15, 0.2) is 0 Å². The van der Waals surface area contributed by atoms with Gasteiger partial charge in [-0.2, -0.15) is 0 Å². The second-order valence-electron chi connectivity index (χ2n) is 5.98. The van der Waals surface area contributed by atoms with E-state index in [9.17, 15) is 0 Å². The van der Waals surface area contributed by atoms with Crippen LogP contribution in [-0.2, 0) is 17.7 Å². The van der Waals surface area contributed by atoms with Crippen molar-refractivity contribution in [3.8, 4) is 5.88 Å². The third-order valence-electron chi connectivity index (χ3n) is 3.38. The van der Waals surface area contributed by atoms with Gasteiger partial charge in [-0.15, -0.1) is 0 Å². The van der Waals surface area contributed by atoms with E-state index in [2.05, 4.69) is 23.3 Å². The van der Waals surface area contributed by atoms with Crippen molar-refractivity contribution < 1.29 is 9.47 Å². The molecule has 0 spiro atoms. The highest BCUT2D eigenvalue weighted by atomic mass is 16.5. The summed E-state index contributed by atoms with van der Waals surface area (Å²) in [6, 6.07) is 4.96. The molecule has 0 unspecified atom stereocenters. The highest BCUT2D eigenvalue weighted by Gasteiger charge is 2.20. The molecule has 1 heterocycles. The smallest absolute Gasteiger partial charge is 0.213 e. The van der Waals surface area contributed by atoms with Crippen molar-refractivity contribution in [2.24, 2.45) is 0 Å². The van der Waals surface area contributed by atoms with E-state index < -0.39 is 0 Å². The van der Waals surface area contributed by atoms with Gasteiger partial charge < -0.3 is 14.8 Å². The van der Waals surface area contributed by atoms with Crippen molar-refractivity contribution in [1.82, 2.24) is 10.3 Å². The van der Waals surface area contributed by atoms with Crippen molar-refractivity contribution in [1.29, 1.82) is 0 Å². The lowest BCUT2D eigenvalue weighted by atomic mass is 10.1. The molecule has 1 aliphatic carbocycles. The number of pyridine rings is 1. The summed E-state index contributed by atoms with van der Waals surface area (Å²) in [6.07, 6.45) is 4.95. The topological polar surface area (TPSA) is 43.4 Å². The lowest BCUT2D eigenvalue weighted by molar-refractivity contribution is 0.0542. The number of rotatable bonds is 10. The molecule has 0 saturated heterocycles. The van der Waals surface area contributed by atoms with E-state index in [1.54, 1.807) is 0 Å². The van der Waals surface area contributed by atoms with E-state index in [1.807, 2.05) is 19.9 Å². The highest BCUT2D eigenvalue weighted by Crippen LogP contribution is 2.20. The van der Waals surface area contributed by atoms with Crippen molar-refractivity contribution >= 4 is 0 Å². The number of ether oxygens (including phenoxy) is 2. The molecule has 1 aromatic heterocycles. The highest BCUT2D eigenvalue weighted by molar-refractivity contribution is 5.25. The Morgan fingerprint density at radius 2 is 2.10 bits per heavy atom. The third-order valence-corrected chi connectivity index (χ3v) is 3.38. The van der Waals surface area contributed by atoms with Crippen LogP contribution in [0.2, 0.25) is 0 Å². The van der Waals surface area contributed by atoms with Gasteiger partial charge in [-0.1, -0.05) is 13.3 Å². The summed E-state index contributed by atoms with van der Waals surface area (Å²) in [5.74, 6) is 0.723. The number of hydrogen-bond donors (Lipinski definition) is 1. The zero-order chi connectivity index (χ0) is 15.1. The van der Waals surface area contributed by atoms with Crippen LogP contribution in [0.4, 0.5) is 0 Å². The maximum atomic E-state index is 5.74.